The quantitative estimate of drug-likeness (QED) is 0.826. The lowest BCUT2D eigenvalue weighted by molar-refractivity contribution is 0.578. The number of benzene rings is 1. The molecule has 0 radical (unpaired) electrons. The van der Waals surface area contributed by atoms with Crippen molar-refractivity contribution >= 4 is 17.2 Å². The van der Waals surface area contributed by atoms with Gasteiger partial charge in [-0.3, -0.25) is 0 Å². The first-order chi connectivity index (χ1) is 8.20. The van der Waals surface area contributed by atoms with Crippen LogP contribution in [0.25, 0.3) is 0 Å². The minimum absolute atomic E-state index is 0.201. The average molecular weight is 263 g/mol. The standard InChI is InChI=1S/C16H25NS/c1-11(9-15(17)18)8-13-7-6-12(2)14(10-13)16(3,4)5/h6-7,10-11H,8-9H2,1-5H3,(H2,17,18). The Morgan fingerprint density at radius 3 is 2.44 bits per heavy atom. The number of hydrogen-bond acceptors (Lipinski definition) is 1. The van der Waals surface area contributed by atoms with E-state index < -0.39 is 0 Å². The zero-order chi connectivity index (χ0) is 13.9. The van der Waals surface area contributed by atoms with Crippen LogP contribution in [0.5, 0.6) is 0 Å². The molecule has 0 fully saturated rings. The Morgan fingerprint density at radius 1 is 1.33 bits per heavy atom. The molecule has 0 aromatic heterocycles. The van der Waals surface area contributed by atoms with Crippen LogP contribution in [0.4, 0.5) is 0 Å². The van der Waals surface area contributed by atoms with Crippen LogP contribution in [0.15, 0.2) is 18.2 Å². The Bertz CT molecular complexity index is 429. The minimum atomic E-state index is 0.201. The molecule has 0 spiro atoms. The number of rotatable bonds is 4. The normalized spacial score (nSPS) is 13.4. The summed E-state index contributed by atoms with van der Waals surface area (Å²) in [4.78, 5) is 0.616. The number of aryl methyl sites for hydroxylation is 1. The zero-order valence-corrected chi connectivity index (χ0v) is 13.0. The van der Waals surface area contributed by atoms with E-state index in [1.165, 1.54) is 16.7 Å². The maximum Gasteiger partial charge on any atom is 0.0730 e. The van der Waals surface area contributed by atoms with Crippen LogP contribution < -0.4 is 5.73 Å². The van der Waals surface area contributed by atoms with Crippen molar-refractivity contribution in [1.82, 2.24) is 0 Å². The van der Waals surface area contributed by atoms with Crippen LogP contribution in [-0.2, 0) is 11.8 Å². The Morgan fingerprint density at radius 2 is 1.94 bits per heavy atom. The van der Waals surface area contributed by atoms with E-state index in [9.17, 15) is 0 Å². The second kappa shape index (κ2) is 5.83. The van der Waals surface area contributed by atoms with Crippen LogP contribution in [0.3, 0.4) is 0 Å². The summed E-state index contributed by atoms with van der Waals surface area (Å²) in [6.07, 6.45) is 1.87. The molecule has 0 saturated carbocycles. The summed E-state index contributed by atoms with van der Waals surface area (Å²) in [5.74, 6) is 0.512. The molecule has 18 heavy (non-hydrogen) atoms. The summed E-state index contributed by atoms with van der Waals surface area (Å²) in [5.41, 5.74) is 9.99. The fraction of sp³-hybridized carbons (Fsp3) is 0.562. The predicted molar refractivity (Wildman–Crippen MR) is 84.1 cm³/mol. The topological polar surface area (TPSA) is 26.0 Å². The molecular weight excluding hydrogens is 238 g/mol. The van der Waals surface area contributed by atoms with Gasteiger partial charge in [0, 0.05) is 6.42 Å². The maximum absolute atomic E-state index is 5.60. The molecule has 1 atom stereocenters. The summed E-state index contributed by atoms with van der Waals surface area (Å²) in [7, 11) is 0. The summed E-state index contributed by atoms with van der Waals surface area (Å²) in [5, 5.41) is 0. The van der Waals surface area contributed by atoms with Gasteiger partial charge in [0.05, 0.1) is 4.99 Å². The first-order valence-electron chi connectivity index (χ1n) is 6.58. The lowest BCUT2D eigenvalue weighted by Crippen LogP contribution is -2.16. The van der Waals surface area contributed by atoms with E-state index in [-0.39, 0.29) is 5.41 Å². The molecule has 0 aliphatic carbocycles. The summed E-state index contributed by atoms with van der Waals surface area (Å²) >= 11 is 4.97. The van der Waals surface area contributed by atoms with Gasteiger partial charge in [-0.2, -0.15) is 0 Å². The molecule has 0 heterocycles. The van der Waals surface area contributed by atoms with Gasteiger partial charge in [0.25, 0.3) is 0 Å². The van der Waals surface area contributed by atoms with Gasteiger partial charge in [-0.05, 0) is 41.4 Å². The molecule has 1 aromatic carbocycles. The average Bonchev–Trinajstić information content (AvgIpc) is 2.17. The van der Waals surface area contributed by atoms with Crippen molar-refractivity contribution in [3.8, 4) is 0 Å². The van der Waals surface area contributed by atoms with Gasteiger partial charge in [0.15, 0.2) is 0 Å². The minimum Gasteiger partial charge on any atom is -0.393 e. The largest absolute Gasteiger partial charge is 0.393 e. The molecule has 1 nitrogen and oxygen atoms in total. The van der Waals surface area contributed by atoms with Crippen LogP contribution in [0, 0.1) is 12.8 Å². The van der Waals surface area contributed by atoms with Crippen LogP contribution in [0.1, 0.15) is 50.8 Å². The Balaban J connectivity index is 2.89. The molecule has 1 rings (SSSR count). The van der Waals surface area contributed by atoms with Crippen molar-refractivity contribution in [1.29, 1.82) is 0 Å². The molecule has 0 aliphatic rings. The van der Waals surface area contributed by atoms with Crippen molar-refractivity contribution in [2.45, 2.75) is 52.9 Å². The van der Waals surface area contributed by atoms with Crippen molar-refractivity contribution < 1.29 is 0 Å². The molecule has 1 aromatic rings. The molecule has 0 saturated heterocycles. The second-order valence-corrected chi connectivity index (χ2v) is 6.90. The van der Waals surface area contributed by atoms with Gasteiger partial charge < -0.3 is 5.73 Å². The van der Waals surface area contributed by atoms with E-state index in [1.54, 1.807) is 0 Å². The molecule has 1 unspecified atom stereocenters. The van der Waals surface area contributed by atoms with E-state index in [4.69, 9.17) is 18.0 Å². The Kier molecular flexibility index (Phi) is 4.92. The third-order valence-corrected chi connectivity index (χ3v) is 3.41. The zero-order valence-electron chi connectivity index (χ0n) is 12.2. The number of nitrogens with two attached hydrogens (primary N) is 1. The summed E-state index contributed by atoms with van der Waals surface area (Å²) in [6.45, 7) is 11.2. The maximum atomic E-state index is 5.60. The molecule has 0 bridgehead atoms. The second-order valence-electron chi connectivity index (χ2n) is 6.38. The summed E-state index contributed by atoms with van der Waals surface area (Å²) < 4.78 is 0. The molecule has 2 heteroatoms. The highest BCUT2D eigenvalue weighted by molar-refractivity contribution is 7.80. The van der Waals surface area contributed by atoms with E-state index in [2.05, 4.69) is 52.8 Å². The van der Waals surface area contributed by atoms with Crippen molar-refractivity contribution in [2.24, 2.45) is 11.7 Å². The van der Waals surface area contributed by atoms with E-state index in [0.717, 1.165) is 12.8 Å². The van der Waals surface area contributed by atoms with Crippen molar-refractivity contribution in [3.63, 3.8) is 0 Å². The van der Waals surface area contributed by atoms with Crippen LogP contribution in [-0.4, -0.2) is 4.99 Å². The van der Waals surface area contributed by atoms with Gasteiger partial charge in [-0.15, -0.1) is 0 Å². The van der Waals surface area contributed by atoms with E-state index >= 15 is 0 Å². The lowest BCUT2D eigenvalue weighted by atomic mass is 9.82. The highest BCUT2D eigenvalue weighted by Gasteiger charge is 2.17. The first kappa shape index (κ1) is 15.2. The van der Waals surface area contributed by atoms with Crippen LogP contribution in [0.2, 0.25) is 0 Å². The van der Waals surface area contributed by atoms with Gasteiger partial charge in [-0.25, -0.2) is 0 Å². The molecule has 2 N–H and O–H groups in total. The number of thiocarbonyl (C=S) groups is 1. The highest BCUT2D eigenvalue weighted by Crippen LogP contribution is 2.27. The van der Waals surface area contributed by atoms with Gasteiger partial charge in [0.2, 0.25) is 0 Å². The van der Waals surface area contributed by atoms with E-state index in [0.29, 0.717) is 10.9 Å². The van der Waals surface area contributed by atoms with Gasteiger partial charge >= 0.3 is 0 Å². The highest BCUT2D eigenvalue weighted by atomic mass is 32.1. The smallest absolute Gasteiger partial charge is 0.0730 e. The van der Waals surface area contributed by atoms with Gasteiger partial charge in [-0.1, -0.05) is 58.1 Å². The van der Waals surface area contributed by atoms with Crippen molar-refractivity contribution in [2.75, 3.05) is 0 Å². The third kappa shape index (κ3) is 4.41. The van der Waals surface area contributed by atoms with Crippen LogP contribution >= 0.6 is 12.2 Å². The van der Waals surface area contributed by atoms with E-state index in [1.807, 2.05) is 0 Å². The van der Waals surface area contributed by atoms with Gasteiger partial charge in [0.1, 0.15) is 0 Å². The fourth-order valence-corrected chi connectivity index (χ4v) is 2.71. The lowest BCUT2D eigenvalue weighted by Gasteiger charge is -2.23. The van der Waals surface area contributed by atoms with Crippen molar-refractivity contribution in [3.05, 3.63) is 34.9 Å². The molecule has 0 amide bonds. The Labute approximate surface area is 117 Å². The SMILES string of the molecule is Cc1ccc(CC(C)CC(N)=S)cc1C(C)(C)C. The first-order valence-corrected chi connectivity index (χ1v) is 6.99. The number of hydrogen-bond donors (Lipinski definition) is 1. The molecular formula is C16H25NS. The Hall–Kier alpha value is -0.890. The third-order valence-electron chi connectivity index (χ3n) is 3.24. The fourth-order valence-electron chi connectivity index (χ4n) is 2.42. The molecule has 100 valence electrons. The monoisotopic (exact) mass is 263 g/mol. The predicted octanol–water partition coefficient (Wildman–Crippen LogP) is 4.15. The molecule has 0 aliphatic heterocycles. The summed E-state index contributed by atoms with van der Waals surface area (Å²) in [6, 6.07) is 6.79.